The smallest absolute Gasteiger partial charge is 0.305 e. The summed E-state index contributed by atoms with van der Waals surface area (Å²) in [5.41, 5.74) is -0.736. The summed E-state index contributed by atoms with van der Waals surface area (Å²) in [6.07, 6.45) is 41.0. The fraction of sp³-hybridized carbons (Fsp3) is 0.841. The van der Waals surface area contributed by atoms with E-state index in [4.69, 9.17) is 14.2 Å². The van der Waals surface area contributed by atoms with Gasteiger partial charge < -0.3 is 14.2 Å². The minimum absolute atomic E-state index is 0.0660. The van der Waals surface area contributed by atoms with Gasteiger partial charge in [0.25, 0.3) is 0 Å². The molecule has 0 saturated carbocycles. The number of allylic oxidation sites excluding steroid dienone is 4. The van der Waals surface area contributed by atoms with Crippen LogP contribution in [0, 0.1) is 5.41 Å². The Balaban J connectivity index is 4.21. The molecule has 50 heavy (non-hydrogen) atoms. The summed E-state index contributed by atoms with van der Waals surface area (Å²) in [6, 6.07) is 0. The second-order valence-corrected chi connectivity index (χ2v) is 14.5. The number of carbonyl (C=O) groups excluding carboxylic acids is 3. The molecule has 0 bridgehead atoms. The number of unbranched alkanes of at least 4 members (excludes halogenated alkanes) is 21. The van der Waals surface area contributed by atoms with E-state index in [1.807, 2.05) is 6.92 Å². The molecule has 6 nitrogen and oxygen atoms in total. The lowest BCUT2D eigenvalue weighted by Gasteiger charge is -2.31. The van der Waals surface area contributed by atoms with E-state index in [1.165, 1.54) is 103 Å². The fourth-order valence-electron chi connectivity index (χ4n) is 5.88. The van der Waals surface area contributed by atoms with Crippen LogP contribution in [0.25, 0.3) is 0 Å². The lowest BCUT2D eigenvalue weighted by Crippen LogP contribution is -2.39. The predicted octanol–water partition coefficient (Wildman–Crippen LogP) is 13.1. The molecule has 1 unspecified atom stereocenters. The highest BCUT2D eigenvalue weighted by atomic mass is 16.6. The van der Waals surface area contributed by atoms with Gasteiger partial charge >= 0.3 is 17.9 Å². The molecule has 1 atom stereocenters. The Morgan fingerprint density at radius 2 is 0.700 bits per heavy atom. The van der Waals surface area contributed by atoms with Crippen molar-refractivity contribution in [2.24, 2.45) is 5.41 Å². The van der Waals surface area contributed by atoms with E-state index in [-0.39, 0.29) is 44.1 Å². The van der Waals surface area contributed by atoms with Crippen LogP contribution < -0.4 is 0 Å². The monoisotopic (exact) mass is 705 g/mol. The van der Waals surface area contributed by atoms with Crippen LogP contribution in [0.2, 0.25) is 0 Å². The molecule has 0 aliphatic heterocycles. The van der Waals surface area contributed by atoms with E-state index in [9.17, 15) is 14.4 Å². The van der Waals surface area contributed by atoms with Crippen molar-refractivity contribution < 1.29 is 28.6 Å². The molecule has 0 aromatic carbocycles. The van der Waals surface area contributed by atoms with Gasteiger partial charge in [-0.15, -0.1) is 0 Å². The van der Waals surface area contributed by atoms with Crippen LogP contribution in [0.3, 0.4) is 0 Å². The Bertz CT molecular complexity index is 849. The first-order valence-electron chi connectivity index (χ1n) is 21.2. The first-order chi connectivity index (χ1) is 24.4. The van der Waals surface area contributed by atoms with Crippen molar-refractivity contribution in [1.29, 1.82) is 0 Å². The summed E-state index contributed by atoms with van der Waals surface area (Å²) < 4.78 is 16.8. The van der Waals surface area contributed by atoms with Crippen LogP contribution in [0.5, 0.6) is 0 Å². The van der Waals surface area contributed by atoms with Crippen molar-refractivity contribution in [2.45, 2.75) is 214 Å². The Hall–Kier alpha value is -2.11. The second kappa shape index (κ2) is 36.7. The number of rotatable bonds is 37. The highest BCUT2D eigenvalue weighted by Crippen LogP contribution is 2.25. The minimum Gasteiger partial charge on any atom is -0.465 e. The van der Waals surface area contributed by atoms with Gasteiger partial charge in [0.2, 0.25) is 0 Å². The molecular weight excluding hydrogens is 624 g/mol. The summed E-state index contributed by atoms with van der Waals surface area (Å²) in [4.78, 5) is 37.1. The lowest BCUT2D eigenvalue weighted by molar-refractivity contribution is -0.162. The molecule has 0 fully saturated rings. The van der Waals surface area contributed by atoms with Gasteiger partial charge in [0, 0.05) is 19.3 Å². The fourth-order valence-corrected chi connectivity index (χ4v) is 5.88. The summed E-state index contributed by atoms with van der Waals surface area (Å²) in [7, 11) is 0. The van der Waals surface area contributed by atoms with Crippen LogP contribution >= 0.6 is 0 Å². The normalized spacial score (nSPS) is 12.8. The SMILES string of the molecule is CCCCCCCC/C=C/CCCCCCCC(=O)OCC(CC)(COC(=O)CC)COC(=O)CCCCCC/C=C/CCCCCCCC. The van der Waals surface area contributed by atoms with Gasteiger partial charge in [0.05, 0.1) is 5.41 Å². The van der Waals surface area contributed by atoms with E-state index in [2.05, 4.69) is 38.2 Å². The first kappa shape index (κ1) is 47.9. The van der Waals surface area contributed by atoms with Gasteiger partial charge in [0.15, 0.2) is 0 Å². The second-order valence-electron chi connectivity index (χ2n) is 14.5. The number of ether oxygens (including phenoxy) is 3. The maximum atomic E-state index is 12.6. The number of hydrogen-bond donors (Lipinski definition) is 0. The average Bonchev–Trinajstić information content (AvgIpc) is 3.13. The van der Waals surface area contributed by atoms with Crippen LogP contribution in [-0.2, 0) is 28.6 Å². The van der Waals surface area contributed by atoms with Gasteiger partial charge in [-0.05, 0) is 70.6 Å². The molecule has 0 heterocycles. The third kappa shape index (κ3) is 31.8. The Labute approximate surface area is 309 Å². The van der Waals surface area contributed by atoms with E-state index in [0.29, 0.717) is 19.3 Å². The summed E-state index contributed by atoms with van der Waals surface area (Å²) in [5, 5.41) is 0. The zero-order chi connectivity index (χ0) is 36.8. The first-order valence-corrected chi connectivity index (χ1v) is 21.2. The van der Waals surface area contributed by atoms with Crippen molar-refractivity contribution >= 4 is 17.9 Å². The molecule has 0 amide bonds. The van der Waals surface area contributed by atoms with Gasteiger partial charge in [-0.2, -0.15) is 0 Å². The standard InChI is InChI=1S/C44H80O6/c1-5-9-11-13-15-17-19-21-23-25-27-29-31-33-35-37-43(47)50-40-44(8-4,38-48-41(45)7-3)39-49-42(46)36-34-32-30-28-26-24-22-20-18-16-14-12-10-6-2/h21-24H,5-20,25-40H2,1-4H3/b23-21+,24-22+. The van der Waals surface area contributed by atoms with E-state index in [0.717, 1.165) is 57.8 Å². The topological polar surface area (TPSA) is 78.9 Å². The Kier molecular flexibility index (Phi) is 35.1. The van der Waals surface area contributed by atoms with Gasteiger partial charge in [-0.1, -0.05) is 148 Å². The summed E-state index contributed by atoms with van der Waals surface area (Å²) in [6.45, 7) is 8.42. The van der Waals surface area contributed by atoms with Crippen LogP contribution in [0.4, 0.5) is 0 Å². The van der Waals surface area contributed by atoms with Crippen molar-refractivity contribution in [2.75, 3.05) is 19.8 Å². The number of hydrogen-bond acceptors (Lipinski definition) is 6. The van der Waals surface area contributed by atoms with Crippen LogP contribution in [0.15, 0.2) is 24.3 Å². The molecule has 0 spiro atoms. The van der Waals surface area contributed by atoms with Crippen molar-refractivity contribution in [3.8, 4) is 0 Å². The van der Waals surface area contributed by atoms with Crippen molar-refractivity contribution in [1.82, 2.24) is 0 Å². The molecule has 0 aromatic heterocycles. The molecule has 0 saturated heterocycles. The molecule has 0 aliphatic rings. The zero-order valence-corrected chi connectivity index (χ0v) is 33.4. The molecule has 0 aromatic rings. The molecule has 0 radical (unpaired) electrons. The van der Waals surface area contributed by atoms with Gasteiger partial charge in [-0.25, -0.2) is 0 Å². The van der Waals surface area contributed by atoms with Crippen molar-refractivity contribution in [3.63, 3.8) is 0 Å². The summed E-state index contributed by atoms with van der Waals surface area (Å²) in [5.74, 6) is -0.806. The third-order valence-electron chi connectivity index (χ3n) is 9.69. The van der Waals surface area contributed by atoms with E-state index in [1.54, 1.807) is 6.92 Å². The largest absolute Gasteiger partial charge is 0.465 e. The average molecular weight is 705 g/mol. The maximum absolute atomic E-state index is 12.6. The molecule has 0 N–H and O–H groups in total. The Morgan fingerprint density at radius 3 is 1.02 bits per heavy atom. The van der Waals surface area contributed by atoms with Gasteiger partial charge in [0.1, 0.15) is 19.8 Å². The predicted molar refractivity (Wildman–Crippen MR) is 210 cm³/mol. The van der Waals surface area contributed by atoms with Gasteiger partial charge in [-0.3, -0.25) is 14.4 Å². The number of esters is 3. The Morgan fingerprint density at radius 1 is 0.400 bits per heavy atom. The third-order valence-corrected chi connectivity index (χ3v) is 9.69. The summed E-state index contributed by atoms with van der Waals surface area (Å²) >= 11 is 0. The molecule has 6 heteroatoms. The highest BCUT2D eigenvalue weighted by molar-refractivity contribution is 5.70. The van der Waals surface area contributed by atoms with E-state index < -0.39 is 5.41 Å². The molecular formula is C44H80O6. The number of carbonyl (C=O) groups is 3. The van der Waals surface area contributed by atoms with Crippen LogP contribution in [0.1, 0.15) is 214 Å². The van der Waals surface area contributed by atoms with Crippen molar-refractivity contribution in [3.05, 3.63) is 24.3 Å². The minimum atomic E-state index is -0.736. The quantitative estimate of drug-likeness (QED) is 0.0277. The zero-order valence-electron chi connectivity index (χ0n) is 33.4. The maximum Gasteiger partial charge on any atom is 0.305 e. The molecule has 0 aliphatic carbocycles. The lowest BCUT2D eigenvalue weighted by atomic mass is 9.88. The molecule has 0 rings (SSSR count). The van der Waals surface area contributed by atoms with E-state index >= 15 is 0 Å². The molecule has 292 valence electrons. The highest BCUT2D eigenvalue weighted by Gasteiger charge is 2.34. The van der Waals surface area contributed by atoms with Crippen LogP contribution in [-0.4, -0.2) is 37.7 Å².